The second-order valence-corrected chi connectivity index (χ2v) is 4.11. The van der Waals surface area contributed by atoms with E-state index in [1.54, 1.807) is 4.40 Å². The van der Waals surface area contributed by atoms with Crippen molar-refractivity contribution in [3.8, 4) is 0 Å². The molecule has 0 saturated carbocycles. The van der Waals surface area contributed by atoms with Gasteiger partial charge in [0.05, 0.1) is 0 Å². The summed E-state index contributed by atoms with van der Waals surface area (Å²) in [5, 5.41) is 2.97. The second-order valence-electron chi connectivity index (χ2n) is 4.11. The molecule has 90 valence electrons. The number of pyridine rings is 1. The third-order valence-electron chi connectivity index (χ3n) is 2.84. The Morgan fingerprint density at radius 3 is 2.59 bits per heavy atom. The Bertz CT molecular complexity index is 630. The van der Waals surface area contributed by atoms with Crippen molar-refractivity contribution in [2.75, 3.05) is 11.9 Å². The maximum Gasteiger partial charge on any atom is 0.356 e. The van der Waals surface area contributed by atoms with Crippen molar-refractivity contribution in [3.05, 3.63) is 33.4 Å². The Morgan fingerprint density at radius 1 is 1.24 bits per heavy atom. The van der Waals surface area contributed by atoms with Gasteiger partial charge in [-0.15, -0.1) is 0 Å². The largest absolute Gasteiger partial charge is 0.356 e. The van der Waals surface area contributed by atoms with E-state index in [1.165, 1.54) is 0 Å². The molecule has 0 aromatic carbocycles. The van der Waals surface area contributed by atoms with Crippen LogP contribution < -0.4 is 11.0 Å². The molecule has 0 amide bonds. The summed E-state index contributed by atoms with van der Waals surface area (Å²) >= 11 is 0. The van der Waals surface area contributed by atoms with Gasteiger partial charge in [-0.25, -0.2) is 9.20 Å². The van der Waals surface area contributed by atoms with Crippen LogP contribution >= 0.6 is 0 Å². The number of nitrogens with zero attached hydrogens (tertiary/aromatic N) is 3. The molecular formula is C12H16N4O. The number of hydrogen-bond donors (Lipinski definition) is 1. The summed E-state index contributed by atoms with van der Waals surface area (Å²) in [6.07, 6.45) is 0. The van der Waals surface area contributed by atoms with Gasteiger partial charge in [0.15, 0.2) is 0 Å². The number of fused-ring (bicyclic) bond motifs is 1. The predicted octanol–water partition coefficient (Wildman–Crippen LogP) is 1.45. The average Bonchev–Trinajstić information content (AvgIpc) is 2.26. The van der Waals surface area contributed by atoms with E-state index >= 15 is 0 Å². The maximum absolute atomic E-state index is 12.0. The summed E-state index contributed by atoms with van der Waals surface area (Å²) in [5.41, 5.74) is 3.32. The lowest BCUT2D eigenvalue weighted by molar-refractivity contribution is 0.889. The van der Waals surface area contributed by atoms with Crippen LogP contribution in [0.15, 0.2) is 10.9 Å². The lowest BCUT2D eigenvalue weighted by atomic mass is 10.1. The topological polar surface area (TPSA) is 59.3 Å². The van der Waals surface area contributed by atoms with Gasteiger partial charge in [0.1, 0.15) is 5.65 Å². The van der Waals surface area contributed by atoms with Gasteiger partial charge in [0.25, 0.3) is 0 Å². The molecule has 1 N–H and O–H groups in total. The van der Waals surface area contributed by atoms with Crippen LogP contribution in [0.2, 0.25) is 0 Å². The standard InChI is InChI=1S/C12H16N4O/c1-5-13-11-14-10-8(3)6-7(2)9(4)16(10)12(17)15-11/h6H,5H2,1-4H3,(H,13,15,17). The van der Waals surface area contributed by atoms with Crippen molar-refractivity contribution in [2.24, 2.45) is 0 Å². The number of nitrogens with one attached hydrogen (secondary N) is 1. The van der Waals surface area contributed by atoms with Crippen molar-refractivity contribution in [1.82, 2.24) is 14.4 Å². The van der Waals surface area contributed by atoms with Crippen LogP contribution in [0, 0.1) is 20.8 Å². The van der Waals surface area contributed by atoms with E-state index < -0.39 is 0 Å². The Hall–Kier alpha value is -1.91. The summed E-state index contributed by atoms with van der Waals surface area (Å²) in [6.45, 7) is 8.47. The van der Waals surface area contributed by atoms with Gasteiger partial charge in [-0.1, -0.05) is 6.07 Å². The smallest absolute Gasteiger partial charge is 0.354 e. The molecule has 0 radical (unpaired) electrons. The molecule has 2 rings (SSSR count). The highest BCUT2D eigenvalue weighted by Crippen LogP contribution is 2.13. The molecule has 0 unspecified atom stereocenters. The summed E-state index contributed by atoms with van der Waals surface area (Å²) in [4.78, 5) is 20.3. The van der Waals surface area contributed by atoms with Gasteiger partial charge in [-0.3, -0.25) is 0 Å². The van der Waals surface area contributed by atoms with E-state index in [1.807, 2.05) is 33.8 Å². The van der Waals surface area contributed by atoms with E-state index in [0.717, 1.165) is 16.8 Å². The second kappa shape index (κ2) is 4.16. The lowest BCUT2D eigenvalue weighted by Crippen LogP contribution is -2.23. The first-order valence-corrected chi connectivity index (χ1v) is 5.66. The normalized spacial score (nSPS) is 10.8. The molecule has 0 fully saturated rings. The molecule has 0 aliphatic heterocycles. The highest BCUT2D eigenvalue weighted by atomic mass is 16.1. The molecular weight excluding hydrogens is 216 g/mol. The van der Waals surface area contributed by atoms with Gasteiger partial charge < -0.3 is 5.32 Å². The third-order valence-corrected chi connectivity index (χ3v) is 2.84. The van der Waals surface area contributed by atoms with Gasteiger partial charge in [0.2, 0.25) is 5.95 Å². The first kappa shape index (κ1) is 11.6. The van der Waals surface area contributed by atoms with Crippen molar-refractivity contribution < 1.29 is 0 Å². The van der Waals surface area contributed by atoms with Crippen molar-refractivity contribution in [1.29, 1.82) is 0 Å². The minimum Gasteiger partial charge on any atom is -0.354 e. The molecule has 2 heterocycles. The fourth-order valence-corrected chi connectivity index (χ4v) is 1.88. The summed E-state index contributed by atoms with van der Waals surface area (Å²) in [7, 11) is 0. The molecule has 2 aromatic rings. The Labute approximate surface area is 99.5 Å². The SMILES string of the molecule is CCNc1nc(=O)n2c(C)c(C)cc(C)c2n1. The number of aryl methyl sites for hydroxylation is 3. The van der Waals surface area contributed by atoms with Crippen LogP contribution in [0.1, 0.15) is 23.7 Å². The first-order valence-electron chi connectivity index (χ1n) is 5.66. The number of aromatic nitrogens is 3. The molecule has 5 nitrogen and oxygen atoms in total. The van der Waals surface area contributed by atoms with Crippen molar-refractivity contribution >= 4 is 11.6 Å². The van der Waals surface area contributed by atoms with Crippen LogP contribution in [0.4, 0.5) is 5.95 Å². The zero-order valence-corrected chi connectivity index (χ0v) is 10.5. The van der Waals surface area contributed by atoms with E-state index in [0.29, 0.717) is 18.1 Å². The summed E-state index contributed by atoms with van der Waals surface area (Å²) in [5.74, 6) is 0.392. The van der Waals surface area contributed by atoms with Crippen LogP contribution in [-0.2, 0) is 0 Å². The average molecular weight is 232 g/mol. The number of anilines is 1. The highest BCUT2D eigenvalue weighted by Gasteiger charge is 2.09. The zero-order valence-electron chi connectivity index (χ0n) is 10.5. The fraction of sp³-hybridized carbons (Fsp3) is 0.417. The van der Waals surface area contributed by atoms with Gasteiger partial charge in [-0.2, -0.15) is 9.97 Å². The summed E-state index contributed by atoms with van der Waals surface area (Å²) in [6, 6.07) is 2.03. The quantitative estimate of drug-likeness (QED) is 0.851. The van der Waals surface area contributed by atoms with Crippen molar-refractivity contribution in [2.45, 2.75) is 27.7 Å². The highest BCUT2D eigenvalue weighted by molar-refractivity contribution is 5.52. The molecule has 2 aromatic heterocycles. The third kappa shape index (κ3) is 1.88. The van der Waals surface area contributed by atoms with Gasteiger partial charge in [0, 0.05) is 12.2 Å². The molecule has 5 heteroatoms. The Kier molecular flexibility index (Phi) is 2.83. The van der Waals surface area contributed by atoms with E-state index in [4.69, 9.17) is 0 Å². The zero-order chi connectivity index (χ0) is 12.6. The first-order chi connectivity index (χ1) is 8.04. The minimum absolute atomic E-state index is 0.282. The van der Waals surface area contributed by atoms with E-state index in [9.17, 15) is 4.79 Å². The van der Waals surface area contributed by atoms with Crippen LogP contribution in [0.25, 0.3) is 5.65 Å². The Morgan fingerprint density at radius 2 is 1.94 bits per heavy atom. The van der Waals surface area contributed by atoms with E-state index in [-0.39, 0.29) is 5.69 Å². The van der Waals surface area contributed by atoms with Crippen LogP contribution in [0.3, 0.4) is 0 Å². The maximum atomic E-state index is 12.0. The molecule has 0 bridgehead atoms. The molecule has 0 atom stereocenters. The predicted molar refractivity (Wildman–Crippen MR) is 67.6 cm³/mol. The number of rotatable bonds is 2. The lowest BCUT2D eigenvalue weighted by Gasteiger charge is -2.10. The molecule has 0 saturated heterocycles. The minimum atomic E-state index is -0.282. The molecule has 17 heavy (non-hydrogen) atoms. The van der Waals surface area contributed by atoms with Crippen LogP contribution in [0.5, 0.6) is 0 Å². The molecule has 0 spiro atoms. The monoisotopic (exact) mass is 232 g/mol. The van der Waals surface area contributed by atoms with E-state index in [2.05, 4.69) is 15.3 Å². The Balaban J connectivity index is 2.86. The molecule has 0 aliphatic carbocycles. The van der Waals surface area contributed by atoms with Gasteiger partial charge in [-0.05, 0) is 38.8 Å². The van der Waals surface area contributed by atoms with Crippen molar-refractivity contribution in [3.63, 3.8) is 0 Å². The molecule has 0 aliphatic rings. The van der Waals surface area contributed by atoms with Gasteiger partial charge >= 0.3 is 5.69 Å². The fourth-order valence-electron chi connectivity index (χ4n) is 1.88. The van der Waals surface area contributed by atoms with Crippen LogP contribution in [-0.4, -0.2) is 20.9 Å². The summed E-state index contributed by atoms with van der Waals surface area (Å²) < 4.78 is 1.56. The number of hydrogen-bond acceptors (Lipinski definition) is 4.